The summed E-state index contributed by atoms with van der Waals surface area (Å²) in [6, 6.07) is 33.3. The van der Waals surface area contributed by atoms with E-state index in [2.05, 4.69) is 76.6 Å². The third-order valence-corrected chi connectivity index (χ3v) is 6.09. The van der Waals surface area contributed by atoms with Gasteiger partial charge in [-0.15, -0.1) is 0 Å². The van der Waals surface area contributed by atoms with Crippen molar-refractivity contribution in [3.63, 3.8) is 0 Å². The molecule has 0 saturated heterocycles. The van der Waals surface area contributed by atoms with Gasteiger partial charge in [-0.3, -0.25) is 0 Å². The van der Waals surface area contributed by atoms with E-state index < -0.39 is 5.41 Å². The third-order valence-electron chi connectivity index (χ3n) is 5.34. The molecule has 0 radical (unpaired) electrons. The van der Waals surface area contributed by atoms with Gasteiger partial charge in [0.25, 0.3) is 0 Å². The molecule has 1 aliphatic heterocycles. The van der Waals surface area contributed by atoms with Crippen LogP contribution in [0.4, 0.5) is 0 Å². The molecule has 0 aliphatic carbocycles. The van der Waals surface area contributed by atoms with Gasteiger partial charge >= 0.3 is 0 Å². The molecule has 0 aromatic heterocycles. The summed E-state index contributed by atoms with van der Waals surface area (Å²) in [5, 5.41) is 0.725. The molecule has 4 aromatic rings. The van der Waals surface area contributed by atoms with E-state index in [-0.39, 0.29) is 0 Å². The van der Waals surface area contributed by atoms with E-state index in [0.717, 1.165) is 37.7 Å². The predicted octanol–water partition coefficient (Wildman–Crippen LogP) is 7.59. The summed E-state index contributed by atoms with van der Waals surface area (Å²) in [6.07, 6.45) is 0. The van der Waals surface area contributed by atoms with Crippen LogP contribution in [0, 0.1) is 0 Å². The summed E-state index contributed by atoms with van der Waals surface area (Å²) in [4.78, 5) is 0. The molecule has 0 spiro atoms. The highest BCUT2D eigenvalue weighted by Crippen LogP contribution is 2.55. The molecule has 1 aliphatic rings. The highest BCUT2D eigenvalue weighted by atomic mass is 79.9. The smallest absolute Gasteiger partial charge is 0.133 e. The van der Waals surface area contributed by atoms with Crippen molar-refractivity contribution < 1.29 is 4.74 Å². The predicted molar refractivity (Wildman–Crippen MR) is 118 cm³/mol. The minimum absolute atomic E-state index is 0.489. The molecule has 0 saturated carbocycles. The van der Waals surface area contributed by atoms with Crippen LogP contribution in [0.25, 0.3) is 0 Å². The maximum absolute atomic E-state index is 6.32. The number of halogens is 2. The van der Waals surface area contributed by atoms with Crippen molar-refractivity contribution in [1.29, 1.82) is 0 Å². The van der Waals surface area contributed by atoms with Gasteiger partial charge in [-0.05, 0) is 41.5 Å². The molecule has 1 atom stereocenters. The molecule has 3 heteroatoms. The molecule has 0 amide bonds. The second kappa shape index (κ2) is 6.80. The minimum Gasteiger partial charge on any atom is -0.457 e. The molecule has 0 N–H and O–H groups in total. The van der Waals surface area contributed by atoms with Gasteiger partial charge in [0.1, 0.15) is 11.5 Å². The van der Waals surface area contributed by atoms with E-state index in [9.17, 15) is 0 Å². The Hall–Kier alpha value is -2.55. The summed E-state index contributed by atoms with van der Waals surface area (Å²) in [5.41, 5.74) is 4.09. The topological polar surface area (TPSA) is 9.23 Å². The summed E-state index contributed by atoms with van der Waals surface area (Å²) in [5.74, 6) is 1.72. The van der Waals surface area contributed by atoms with Crippen LogP contribution in [0.15, 0.2) is 102 Å². The summed E-state index contributed by atoms with van der Waals surface area (Å²) < 4.78 is 7.31. The molecule has 5 rings (SSSR count). The van der Waals surface area contributed by atoms with Crippen molar-refractivity contribution in [3.05, 3.63) is 129 Å². The number of para-hydroxylation sites is 1. The number of ether oxygens (including phenoxy) is 1. The first kappa shape index (κ1) is 17.5. The minimum atomic E-state index is -0.489. The largest absolute Gasteiger partial charge is 0.457 e. The molecule has 4 aromatic carbocycles. The van der Waals surface area contributed by atoms with E-state index in [4.69, 9.17) is 16.3 Å². The van der Waals surface area contributed by atoms with Gasteiger partial charge in [-0.1, -0.05) is 94.3 Å². The van der Waals surface area contributed by atoms with E-state index in [1.54, 1.807) is 0 Å². The molecular formula is C25H16BrClO. The number of fused-ring (bicyclic) bond motifs is 2. The lowest BCUT2D eigenvalue weighted by molar-refractivity contribution is 0.434. The van der Waals surface area contributed by atoms with Gasteiger partial charge in [0.15, 0.2) is 0 Å². The van der Waals surface area contributed by atoms with Gasteiger partial charge in [-0.25, -0.2) is 0 Å². The number of benzene rings is 4. The van der Waals surface area contributed by atoms with Crippen LogP contribution < -0.4 is 4.74 Å². The Bertz CT molecular complexity index is 1150. The second-order valence-corrected chi connectivity index (χ2v) is 8.21. The average Bonchev–Trinajstić information content (AvgIpc) is 2.73. The Kier molecular flexibility index (Phi) is 4.26. The Morgan fingerprint density at radius 3 is 2.07 bits per heavy atom. The van der Waals surface area contributed by atoms with Crippen molar-refractivity contribution in [3.8, 4) is 11.5 Å². The Labute approximate surface area is 177 Å². The molecule has 136 valence electrons. The first-order valence-electron chi connectivity index (χ1n) is 9.08. The SMILES string of the molecule is Clc1ccc(C2(c3ccccc3)c3ccccc3Oc3cc(Br)ccc32)cc1. The first-order valence-corrected chi connectivity index (χ1v) is 10.3. The molecule has 1 heterocycles. The van der Waals surface area contributed by atoms with Gasteiger partial charge in [0, 0.05) is 20.6 Å². The van der Waals surface area contributed by atoms with Crippen molar-refractivity contribution >= 4 is 27.5 Å². The molecule has 28 heavy (non-hydrogen) atoms. The zero-order valence-corrected chi connectivity index (χ0v) is 17.2. The average molecular weight is 448 g/mol. The standard InChI is InChI=1S/C25H16BrClO/c26-19-12-15-22-24(16-19)28-23-9-5-4-8-21(23)25(22,17-6-2-1-3-7-17)18-10-13-20(27)14-11-18/h1-16H. The zero-order valence-electron chi connectivity index (χ0n) is 14.9. The Balaban J connectivity index is 1.95. The molecular weight excluding hydrogens is 432 g/mol. The second-order valence-electron chi connectivity index (χ2n) is 6.86. The lowest BCUT2D eigenvalue weighted by Gasteiger charge is -2.41. The Morgan fingerprint density at radius 2 is 1.29 bits per heavy atom. The fourth-order valence-electron chi connectivity index (χ4n) is 4.20. The third kappa shape index (κ3) is 2.60. The maximum Gasteiger partial charge on any atom is 0.133 e. The lowest BCUT2D eigenvalue weighted by atomic mass is 9.64. The van der Waals surface area contributed by atoms with E-state index in [0.29, 0.717) is 0 Å². The molecule has 0 bridgehead atoms. The zero-order chi connectivity index (χ0) is 19.1. The van der Waals surface area contributed by atoms with Gasteiger partial charge in [0.2, 0.25) is 0 Å². The summed E-state index contributed by atoms with van der Waals surface area (Å²) >= 11 is 9.82. The molecule has 1 nitrogen and oxygen atoms in total. The van der Waals surface area contributed by atoms with Crippen LogP contribution in [0.1, 0.15) is 22.3 Å². The Morgan fingerprint density at radius 1 is 0.643 bits per heavy atom. The van der Waals surface area contributed by atoms with Crippen LogP contribution in [0.5, 0.6) is 11.5 Å². The van der Waals surface area contributed by atoms with Crippen LogP contribution in [0.2, 0.25) is 5.02 Å². The van der Waals surface area contributed by atoms with E-state index in [1.807, 2.05) is 36.4 Å². The number of hydrogen-bond donors (Lipinski definition) is 0. The van der Waals surface area contributed by atoms with Gasteiger partial charge < -0.3 is 4.74 Å². The van der Waals surface area contributed by atoms with Crippen LogP contribution in [0.3, 0.4) is 0 Å². The molecule has 1 unspecified atom stereocenters. The molecule has 0 fully saturated rings. The normalized spacial score (nSPS) is 17.4. The van der Waals surface area contributed by atoms with Crippen molar-refractivity contribution in [2.45, 2.75) is 5.41 Å². The summed E-state index contributed by atoms with van der Waals surface area (Å²) in [6.45, 7) is 0. The number of hydrogen-bond acceptors (Lipinski definition) is 1. The van der Waals surface area contributed by atoms with Crippen LogP contribution >= 0.6 is 27.5 Å². The van der Waals surface area contributed by atoms with E-state index >= 15 is 0 Å². The number of rotatable bonds is 2. The van der Waals surface area contributed by atoms with Crippen molar-refractivity contribution in [2.75, 3.05) is 0 Å². The van der Waals surface area contributed by atoms with Crippen molar-refractivity contribution in [1.82, 2.24) is 0 Å². The van der Waals surface area contributed by atoms with Gasteiger partial charge in [-0.2, -0.15) is 0 Å². The quantitative estimate of drug-likeness (QED) is 0.271. The fourth-order valence-corrected chi connectivity index (χ4v) is 4.66. The maximum atomic E-state index is 6.32. The fraction of sp³-hybridized carbons (Fsp3) is 0.0400. The lowest BCUT2D eigenvalue weighted by Crippen LogP contribution is -2.34. The highest BCUT2D eigenvalue weighted by Gasteiger charge is 2.45. The highest BCUT2D eigenvalue weighted by molar-refractivity contribution is 9.10. The van der Waals surface area contributed by atoms with Crippen LogP contribution in [-0.4, -0.2) is 0 Å². The van der Waals surface area contributed by atoms with Crippen LogP contribution in [-0.2, 0) is 5.41 Å². The summed E-state index contributed by atoms with van der Waals surface area (Å²) in [7, 11) is 0. The van der Waals surface area contributed by atoms with Crippen molar-refractivity contribution in [2.24, 2.45) is 0 Å². The monoisotopic (exact) mass is 446 g/mol. The van der Waals surface area contributed by atoms with E-state index in [1.165, 1.54) is 5.56 Å². The first-order chi connectivity index (χ1) is 13.7. The van der Waals surface area contributed by atoms with Gasteiger partial charge in [0.05, 0.1) is 5.41 Å².